The molecule has 0 saturated carbocycles. The van der Waals surface area contributed by atoms with E-state index in [4.69, 9.17) is 0 Å². The average molecular weight is 438 g/mol. The number of hydrogen-bond acceptors (Lipinski definition) is 3. The zero-order chi connectivity index (χ0) is 22.5. The van der Waals surface area contributed by atoms with E-state index in [0.717, 1.165) is 12.1 Å². The summed E-state index contributed by atoms with van der Waals surface area (Å²) >= 11 is 1.58. The molecule has 4 rings (SSSR count). The monoisotopic (exact) mass is 437 g/mol. The van der Waals surface area contributed by atoms with E-state index in [1.165, 1.54) is 27.6 Å². The molecule has 3 aromatic carbocycles. The maximum atomic E-state index is 10.1. The molecule has 1 unspecified atom stereocenters. The van der Waals surface area contributed by atoms with Crippen LogP contribution >= 0.6 is 11.9 Å². The van der Waals surface area contributed by atoms with Crippen molar-refractivity contribution in [1.82, 2.24) is 8.87 Å². The lowest BCUT2D eigenvalue weighted by Gasteiger charge is -2.29. The Morgan fingerprint density at radius 3 is 2.19 bits per heavy atom. The predicted molar refractivity (Wildman–Crippen MR) is 135 cm³/mol. The van der Waals surface area contributed by atoms with E-state index in [9.17, 15) is 5.26 Å². The number of aryl methyl sites for hydroxylation is 1. The molecule has 4 heteroatoms. The lowest BCUT2D eigenvalue weighted by Crippen LogP contribution is -2.20. The molecule has 4 aromatic rings. The van der Waals surface area contributed by atoms with E-state index >= 15 is 0 Å². The summed E-state index contributed by atoms with van der Waals surface area (Å²) in [4.78, 5) is 0. The molecule has 0 spiro atoms. The summed E-state index contributed by atoms with van der Waals surface area (Å²) in [5.74, 6) is 0. The van der Waals surface area contributed by atoms with Crippen molar-refractivity contribution in [1.29, 1.82) is 5.26 Å². The van der Waals surface area contributed by atoms with Gasteiger partial charge in [-0.1, -0.05) is 84.8 Å². The fourth-order valence-corrected chi connectivity index (χ4v) is 5.23. The smallest absolute Gasteiger partial charge is 0.131 e. The van der Waals surface area contributed by atoms with Crippen LogP contribution in [-0.2, 0) is 6.54 Å². The highest BCUT2D eigenvalue weighted by Crippen LogP contribution is 2.39. The Labute approximate surface area is 194 Å². The number of aromatic nitrogens is 1. The Hall–Kier alpha value is -3.26. The first kappa shape index (κ1) is 22.0. The van der Waals surface area contributed by atoms with Crippen LogP contribution in [0.1, 0.15) is 33.5 Å². The third-order valence-corrected chi connectivity index (χ3v) is 6.85. The molecule has 3 nitrogen and oxygen atoms in total. The van der Waals surface area contributed by atoms with Gasteiger partial charge in [0.15, 0.2) is 0 Å². The molecule has 1 atom stereocenters. The SMILES string of the molecule is C=CCn1cc(C)c2cc(C(C#N)SN(C)C(c3ccccc3)c3ccccc3)ccc21. The Morgan fingerprint density at radius 2 is 1.62 bits per heavy atom. The van der Waals surface area contributed by atoms with Crippen molar-refractivity contribution in [2.24, 2.45) is 0 Å². The minimum atomic E-state index is -0.304. The van der Waals surface area contributed by atoms with Crippen molar-refractivity contribution in [2.45, 2.75) is 24.8 Å². The summed E-state index contributed by atoms with van der Waals surface area (Å²) < 4.78 is 4.40. The summed E-state index contributed by atoms with van der Waals surface area (Å²) in [5.41, 5.74) is 5.82. The normalized spacial score (nSPS) is 12.2. The summed E-state index contributed by atoms with van der Waals surface area (Å²) in [6.07, 6.45) is 4.06. The quantitative estimate of drug-likeness (QED) is 0.218. The van der Waals surface area contributed by atoms with Crippen LogP contribution in [0, 0.1) is 18.3 Å². The van der Waals surface area contributed by atoms with Crippen molar-refractivity contribution in [3.8, 4) is 6.07 Å². The van der Waals surface area contributed by atoms with Crippen LogP contribution in [0.3, 0.4) is 0 Å². The van der Waals surface area contributed by atoms with Gasteiger partial charge in [-0.05, 0) is 48.4 Å². The second kappa shape index (κ2) is 9.91. The molecule has 1 heterocycles. The highest BCUT2D eigenvalue weighted by molar-refractivity contribution is 7.97. The number of benzene rings is 3. The van der Waals surface area contributed by atoms with Crippen LogP contribution in [-0.4, -0.2) is 15.9 Å². The van der Waals surface area contributed by atoms with Crippen LogP contribution in [0.25, 0.3) is 10.9 Å². The van der Waals surface area contributed by atoms with Crippen molar-refractivity contribution >= 4 is 22.9 Å². The summed E-state index contributed by atoms with van der Waals surface area (Å²) in [5, 5.41) is 11.0. The zero-order valence-corrected chi connectivity index (χ0v) is 19.3. The van der Waals surface area contributed by atoms with Crippen LogP contribution < -0.4 is 0 Å². The van der Waals surface area contributed by atoms with Crippen molar-refractivity contribution in [3.05, 3.63) is 120 Å². The third kappa shape index (κ3) is 4.50. The van der Waals surface area contributed by atoms with Crippen molar-refractivity contribution in [3.63, 3.8) is 0 Å². The summed E-state index contributed by atoms with van der Waals surface area (Å²) in [6.45, 7) is 6.75. The van der Waals surface area contributed by atoms with E-state index in [1.54, 1.807) is 11.9 Å². The van der Waals surface area contributed by atoms with Gasteiger partial charge in [-0.2, -0.15) is 5.26 Å². The van der Waals surface area contributed by atoms with Gasteiger partial charge < -0.3 is 4.57 Å². The van der Waals surface area contributed by atoms with Crippen LogP contribution in [0.4, 0.5) is 0 Å². The molecule has 0 aliphatic rings. The van der Waals surface area contributed by atoms with Crippen LogP contribution in [0.15, 0.2) is 97.7 Å². The Kier molecular flexibility index (Phi) is 6.80. The van der Waals surface area contributed by atoms with E-state index in [-0.39, 0.29) is 11.3 Å². The summed E-state index contributed by atoms with van der Waals surface area (Å²) in [7, 11) is 2.07. The van der Waals surface area contributed by atoms with Gasteiger partial charge in [0, 0.05) is 23.6 Å². The highest BCUT2D eigenvalue weighted by atomic mass is 32.2. The van der Waals surface area contributed by atoms with E-state index in [1.807, 2.05) is 18.2 Å². The first-order chi connectivity index (χ1) is 15.6. The number of allylic oxidation sites excluding steroid dienone is 1. The Morgan fingerprint density at radius 1 is 1.00 bits per heavy atom. The molecule has 0 radical (unpaired) electrons. The van der Waals surface area contributed by atoms with Gasteiger partial charge in [-0.25, -0.2) is 4.31 Å². The largest absolute Gasteiger partial charge is 0.343 e. The maximum Gasteiger partial charge on any atom is 0.131 e. The second-order valence-corrected chi connectivity index (χ2v) is 9.17. The number of fused-ring (bicyclic) bond motifs is 1. The molecule has 0 aliphatic carbocycles. The van der Waals surface area contributed by atoms with Gasteiger partial charge in [-0.3, -0.25) is 0 Å². The number of nitrogens with zero attached hydrogens (tertiary/aromatic N) is 3. The number of hydrogen-bond donors (Lipinski definition) is 0. The third-order valence-electron chi connectivity index (χ3n) is 5.72. The summed E-state index contributed by atoms with van der Waals surface area (Å²) in [6, 6.07) is 29.9. The van der Waals surface area contributed by atoms with Gasteiger partial charge in [-0.15, -0.1) is 6.58 Å². The highest BCUT2D eigenvalue weighted by Gasteiger charge is 2.24. The molecule has 0 N–H and O–H groups in total. The molecule has 1 aromatic heterocycles. The van der Waals surface area contributed by atoms with Gasteiger partial charge in [0.1, 0.15) is 5.25 Å². The molecule has 0 bridgehead atoms. The first-order valence-electron chi connectivity index (χ1n) is 10.7. The average Bonchev–Trinajstić information content (AvgIpc) is 3.14. The standard InChI is InChI=1S/C28H27N3S/c1-4-17-31-20-21(2)25-18-24(15-16-26(25)31)27(19-29)32-30(3)28(22-11-7-5-8-12-22)23-13-9-6-10-14-23/h4-16,18,20,27-28H,1,17H2,2-3H3. The van der Waals surface area contributed by atoms with E-state index in [0.29, 0.717) is 0 Å². The maximum absolute atomic E-state index is 10.1. The van der Waals surface area contributed by atoms with Gasteiger partial charge >= 0.3 is 0 Å². The fraction of sp³-hybridized carbons (Fsp3) is 0.179. The van der Waals surface area contributed by atoms with Crippen molar-refractivity contribution in [2.75, 3.05) is 7.05 Å². The lowest BCUT2D eigenvalue weighted by molar-refractivity contribution is 0.480. The molecule has 0 amide bonds. The fourth-order valence-electron chi connectivity index (χ4n) is 4.22. The molecule has 160 valence electrons. The van der Waals surface area contributed by atoms with E-state index < -0.39 is 0 Å². The minimum Gasteiger partial charge on any atom is -0.343 e. The topological polar surface area (TPSA) is 32.0 Å². The molecular formula is C28H27N3S. The van der Waals surface area contributed by atoms with Gasteiger partial charge in [0.2, 0.25) is 0 Å². The molecule has 0 aliphatic heterocycles. The molecular weight excluding hydrogens is 410 g/mol. The van der Waals surface area contributed by atoms with Crippen molar-refractivity contribution < 1.29 is 0 Å². The Bertz CT molecular complexity index is 1200. The molecule has 0 fully saturated rings. The molecule has 32 heavy (non-hydrogen) atoms. The number of nitriles is 1. The van der Waals surface area contributed by atoms with Crippen LogP contribution in [0.2, 0.25) is 0 Å². The minimum absolute atomic E-state index is 0.0531. The molecule has 0 saturated heterocycles. The predicted octanol–water partition coefficient (Wildman–Crippen LogP) is 7.07. The first-order valence-corrected chi connectivity index (χ1v) is 11.6. The Balaban J connectivity index is 1.65. The van der Waals surface area contributed by atoms with Gasteiger partial charge in [0.05, 0.1) is 12.1 Å². The number of rotatable bonds is 8. The second-order valence-electron chi connectivity index (χ2n) is 7.91. The lowest BCUT2D eigenvalue weighted by atomic mass is 9.99. The van der Waals surface area contributed by atoms with Gasteiger partial charge in [0.25, 0.3) is 0 Å². The van der Waals surface area contributed by atoms with E-state index in [2.05, 4.69) is 108 Å². The van der Waals surface area contributed by atoms with Crippen LogP contribution in [0.5, 0.6) is 0 Å². The zero-order valence-electron chi connectivity index (χ0n) is 18.5.